The van der Waals surface area contributed by atoms with Gasteiger partial charge in [0.05, 0.1) is 17.3 Å². The Labute approximate surface area is 159 Å². The molecular weight excluding hydrogens is 365 g/mol. The molecule has 7 nitrogen and oxygen atoms in total. The Kier molecular flexibility index (Phi) is 5.78. The van der Waals surface area contributed by atoms with Crippen molar-refractivity contribution in [1.29, 1.82) is 0 Å². The number of nitrogens with zero attached hydrogens (tertiary/aromatic N) is 1. The van der Waals surface area contributed by atoms with Crippen molar-refractivity contribution >= 4 is 28.5 Å². The normalized spacial score (nSPS) is 10.6. The zero-order chi connectivity index (χ0) is 20.1. The molecule has 0 unspecified atom stereocenters. The highest BCUT2D eigenvalue weighted by Gasteiger charge is 2.11. The molecule has 0 bridgehead atoms. The van der Waals surface area contributed by atoms with Crippen molar-refractivity contribution in [3.8, 4) is 0 Å². The Bertz CT molecular complexity index is 1090. The van der Waals surface area contributed by atoms with E-state index in [1.807, 2.05) is 0 Å². The third-order valence-corrected chi connectivity index (χ3v) is 4.05. The topological polar surface area (TPSA) is 101 Å². The van der Waals surface area contributed by atoms with Crippen molar-refractivity contribution in [3.05, 3.63) is 70.0 Å². The molecule has 0 spiro atoms. The van der Waals surface area contributed by atoms with Gasteiger partial charge in [-0.25, -0.2) is 9.37 Å². The van der Waals surface area contributed by atoms with Crippen molar-refractivity contribution in [2.75, 3.05) is 11.9 Å². The molecule has 0 saturated carbocycles. The predicted octanol–water partition coefficient (Wildman–Crippen LogP) is 2.49. The Hall–Kier alpha value is -3.55. The van der Waals surface area contributed by atoms with Gasteiger partial charge >= 0.3 is 5.97 Å². The second-order valence-corrected chi connectivity index (χ2v) is 6.20. The van der Waals surface area contributed by atoms with E-state index in [1.165, 1.54) is 12.1 Å². The number of H-pyrrole nitrogens is 1. The number of ether oxygens (including phenoxy) is 1. The lowest BCUT2D eigenvalue weighted by Crippen LogP contribution is -2.21. The quantitative estimate of drug-likeness (QED) is 0.637. The average Bonchev–Trinajstić information content (AvgIpc) is 2.68. The maximum absolute atomic E-state index is 13.5. The van der Waals surface area contributed by atoms with E-state index in [0.717, 1.165) is 0 Å². The average molecular weight is 383 g/mol. The Morgan fingerprint density at radius 3 is 2.79 bits per heavy atom. The number of anilines is 1. The highest BCUT2D eigenvalue weighted by molar-refractivity contribution is 5.92. The standard InChI is InChI=1S/C20H18FN3O4/c1-12-6-7-13(10-15(12)21)22-18(25)11-28-19(26)9-8-17-23-16-5-3-2-4-14(16)20(27)24-17/h2-7,10H,8-9,11H2,1H3,(H,22,25)(H,23,24,27). The summed E-state index contributed by atoms with van der Waals surface area (Å²) in [6.07, 6.45) is 0.122. The van der Waals surface area contributed by atoms with Gasteiger partial charge in [-0.3, -0.25) is 14.4 Å². The van der Waals surface area contributed by atoms with Crippen LogP contribution in [0.5, 0.6) is 0 Å². The lowest BCUT2D eigenvalue weighted by atomic mass is 10.2. The minimum absolute atomic E-state index is 0.0479. The van der Waals surface area contributed by atoms with E-state index in [0.29, 0.717) is 22.3 Å². The van der Waals surface area contributed by atoms with Crippen LogP contribution in [0.25, 0.3) is 10.9 Å². The highest BCUT2D eigenvalue weighted by atomic mass is 19.1. The third-order valence-electron chi connectivity index (χ3n) is 4.05. The molecule has 3 rings (SSSR count). The molecule has 1 aromatic heterocycles. The van der Waals surface area contributed by atoms with Crippen LogP contribution in [-0.2, 0) is 20.7 Å². The first-order chi connectivity index (χ1) is 13.4. The Morgan fingerprint density at radius 2 is 2.00 bits per heavy atom. The number of aryl methyl sites for hydroxylation is 2. The molecule has 0 saturated heterocycles. The minimum atomic E-state index is -0.610. The van der Waals surface area contributed by atoms with E-state index >= 15 is 0 Å². The maximum Gasteiger partial charge on any atom is 0.306 e. The number of halogens is 1. The Morgan fingerprint density at radius 1 is 1.21 bits per heavy atom. The van der Waals surface area contributed by atoms with Gasteiger partial charge < -0.3 is 15.0 Å². The summed E-state index contributed by atoms with van der Waals surface area (Å²) in [6, 6.07) is 11.2. The molecule has 2 aromatic carbocycles. The van der Waals surface area contributed by atoms with Gasteiger partial charge in [-0.2, -0.15) is 0 Å². The number of aromatic nitrogens is 2. The van der Waals surface area contributed by atoms with Gasteiger partial charge in [0.1, 0.15) is 11.6 Å². The minimum Gasteiger partial charge on any atom is -0.456 e. The van der Waals surface area contributed by atoms with Gasteiger partial charge in [0, 0.05) is 12.1 Å². The summed E-state index contributed by atoms with van der Waals surface area (Å²) in [5.74, 6) is -1.26. The van der Waals surface area contributed by atoms with Crippen molar-refractivity contribution in [2.24, 2.45) is 0 Å². The molecule has 0 aliphatic heterocycles. The van der Waals surface area contributed by atoms with Crippen LogP contribution in [0, 0.1) is 12.7 Å². The molecule has 1 amide bonds. The number of nitrogens with one attached hydrogen (secondary N) is 2. The fraction of sp³-hybridized carbons (Fsp3) is 0.200. The van der Waals surface area contributed by atoms with Crippen molar-refractivity contribution < 1.29 is 18.7 Å². The zero-order valence-electron chi connectivity index (χ0n) is 15.1. The molecule has 3 aromatic rings. The maximum atomic E-state index is 13.5. The van der Waals surface area contributed by atoms with E-state index < -0.39 is 24.3 Å². The van der Waals surface area contributed by atoms with Crippen molar-refractivity contribution in [2.45, 2.75) is 19.8 Å². The van der Waals surface area contributed by atoms with Gasteiger partial charge in [0.15, 0.2) is 6.61 Å². The molecule has 0 atom stereocenters. The third kappa shape index (κ3) is 4.79. The molecule has 0 aliphatic rings. The van der Waals surface area contributed by atoms with E-state index in [-0.39, 0.29) is 24.1 Å². The van der Waals surface area contributed by atoms with Crippen molar-refractivity contribution in [1.82, 2.24) is 9.97 Å². The number of benzene rings is 2. The molecule has 8 heteroatoms. The summed E-state index contributed by atoms with van der Waals surface area (Å²) >= 11 is 0. The second-order valence-electron chi connectivity index (χ2n) is 6.20. The SMILES string of the molecule is Cc1ccc(NC(=O)COC(=O)CCc2nc3ccccc3c(=O)[nH]2)cc1F. The number of amides is 1. The molecular formula is C20H18FN3O4. The van der Waals surface area contributed by atoms with Gasteiger partial charge in [-0.15, -0.1) is 0 Å². The largest absolute Gasteiger partial charge is 0.456 e. The summed E-state index contributed by atoms with van der Waals surface area (Å²) in [5.41, 5.74) is 1.00. The molecule has 0 aliphatic carbocycles. The predicted molar refractivity (Wildman–Crippen MR) is 101 cm³/mol. The monoisotopic (exact) mass is 383 g/mol. The van der Waals surface area contributed by atoms with Gasteiger partial charge in [-0.05, 0) is 36.8 Å². The zero-order valence-corrected chi connectivity index (χ0v) is 15.1. The number of para-hydroxylation sites is 1. The van der Waals surface area contributed by atoms with Gasteiger partial charge in [0.25, 0.3) is 11.5 Å². The van der Waals surface area contributed by atoms with Crippen LogP contribution in [0.4, 0.5) is 10.1 Å². The summed E-state index contributed by atoms with van der Waals surface area (Å²) < 4.78 is 18.4. The first kappa shape index (κ1) is 19.2. The van der Waals surface area contributed by atoms with Gasteiger partial charge in [0.2, 0.25) is 0 Å². The van der Waals surface area contributed by atoms with Crippen LogP contribution >= 0.6 is 0 Å². The fourth-order valence-electron chi connectivity index (χ4n) is 2.56. The number of carbonyl (C=O) groups is 2. The van der Waals surface area contributed by atoms with Crippen LogP contribution in [0.1, 0.15) is 17.8 Å². The number of hydrogen-bond acceptors (Lipinski definition) is 5. The van der Waals surface area contributed by atoms with Crippen LogP contribution in [0.15, 0.2) is 47.3 Å². The smallest absolute Gasteiger partial charge is 0.306 e. The summed E-state index contributed by atoms with van der Waals surface area (Å²) in [7, 11) is 0. The first-order valence-corrected chi connectivity index (χ1v) is 8.62. The molecule has 144 valence electrons. The fourth-order valence-corrected chi connectivity index (χ4v) is 2.56. The van der Waals surface area contributed by atoms with Crippen LogP contribution in [-0.4, -0.2) is 28.5 Å². The number of carbonyl (C=O) groups excluding carboxylic acids is 2. The van der Waals surface area contributed by atoms with E-state index in [9.17, 15) is 18.8 Å². The molecule has 0 radical (unpaired) electrons. The van der Waals surface area contributed by atoms with Gasteiger partial charge in [-0.1, -0.05) is 18.2 Å². The number of hydrogen-bond donors (Lipinski definition) is 2. The van der Waals surface area contributed by atoms with E-state index in [4.69, 9.17) is 4.74 Å². The van der Waals surface area contributed by atoms with Crippen LogP contribution < -0.4 is 10.9 Å². The van der Waals surface area contributed by atoms with Crippen molar-refractivity contribution in [3.63, 3.8) is 0 Å². The number of esters is 1. The molecule has 0 fully saturated rings. The summed E-state index contributed by atoms with van der Waals surface area (Å²) in [5, 5.41) is 2.92. The second kappa shape index (κ2) is 8.43. The molecule has 1 heterocycles. The lowest BCUT2D eigenvalue weighted by molar-refractivity contribution is -0.147. The first-order valence-electron chi connectivity index (χ1n) is 8.62. The highest BCUT2D eigenvalue weighted by Crippen LogP contribution is 2.13. The lowest BCUT2D eigenvalue weighted by Gasteiger charge is -2.07. The van der Waals surface area contributed by atoms with Crippen LogP contribution in [0.2, 0.25) is 0 Å². The molecule has 2 N–H and O–H groups in total. The van der Waals surface area contributed by atoms with E-state index in [1.54, 1.807) is 37.3 Å². The summed E-state index contributed by atoms with van der Waals surface area (Å²) in [6.45, 7) is 1.12. The number of fused-ring (bicyclic) bond motifs is 1. The number of rotatable bonds is 6. The Balaban J connectivity index is 1.50. The van der Waals surface area contributed by atoms with Crippen LogP contribution in [0.3, 0.4) is 0 Å². The molecule has 28 heavy (non-hydrogen) atoms. The number of aromatic amines is 1. The van der Waals surface area contributed by atoms with E-state index in [2.05, 4.69) is 15.3 Å². The summed E-state index contributed by atoms with van der Waals surface area (Å²) in [4.78, 5) is 42.6.